The number of rotatable bonds is 18. The van der Waals surface area contributed by atoms with Crippen LogP contribution < -0.4 is 0 Å². The fraction of sp³-hybridized carbons (Fsp3) is 0.636. The molecule has 2 aromatic carbocycles. The van der Waals surface area contributed by atoms with E-state index >= 15 is 0 Å². The molecule has 6 heteroatoms. The molecule has 0 spiro atoms. The molecule has 1 aliphatic rings. The molecule has 1 heterocycles. The van der Waals surface area contributed by atoms with Gasteiger partial charge in [-0.3, -0.25) is 0 Å². The Morgan fingerprint density at radius 2 is 1.21 bits per heavy atom. The summed E-state index contributed by atoms with van der Waals surface area (Å²) in [5, 5.41) is 11.9. The van der Waals surface area contributed by atoms with E-state index in [0.29, 0.717) is 16.6 Å². The number of ether oxygens (including phenoxy) is 4. The third-order valence-corrected chi connectivity index (χ3v) is 13.9. The number of aliphatic hydroxyl groups is 1. The zero-order valence-electron chi connectivity index (χ0n) is 24.5. The number of hydrogen-bond acceptors (Lipinski definition) is 5. The van der Waals surface area contributed by atoms with Gasteiger partial charge < -0.3 is 0 Å². The van der Waals surface area contributed by atoms with Gasteiger partial charge in [0.2, 0.25) is 0 Å². The predicted molar refractivity (Wildman–Crippen MR) is 159 cm³/mol. The molecule has 0 aromatic heterocycles. The second-order valence-electron chi connectivity index (χ2n) is 10.9. The summed E-state index contributed by atoms with van der Waals surface area (Å²) in [6.07, 6.45) is 8.66. The van der Waals surface area contributed by atoms with Gasteiger partial charge in [-0.25, -0.2) is 0 Å². The second kappa shape index (κ2) is 17.8. The molecule has 0 aliphatic carbocycles. The Labute approximate surface area is 247 Å². The SMILES string of the molecule is CCCC[C](CCCC)(CCCC)[Sn][C@H]1O[C@@H](OC)[C@H](OCc2ccccc2)[C@@H](OCc2ccccc2)[C@@H]1O. The van der Waals surface area contributed by atoms with E-state index in [4.69, 9.17) is 18.9 Å². The normalized spacial score (nSPS) is 23.7. The number of benzene rings is 2. The Morgan fingerprint density at radius 1 is 0.744 bits per heavy atom. The number of unbranched alkanes of at least 4 members (excludes halogenated alkanes) is 3. The van der Waals surface area contributed by atoms with Crippen LogP contribution in [-0.4, -0.2) is 62.1 Å². The van der Waals surface area contributed by atoms with E-state index < -0.39 is 45.7 Å². The van der Waals surface area contributed by atoms with E-state index in [-0.39, 0.29) is 4.12 Å². The third-order valence-electron chi connectivity index (χ3n) is 7.80. The van der Waals surface area contributed by atoms with E-state index in [1.54, 1.807) is 7.11 Å². The third kappa shape index (κ3) is 10.1. The molecule has 1 saturated heterocycles. The van der Waals surface area contributed by atoms with Crippen molar-refractivity contribution in [1.29, 1.82) is 0 Å². The first-order valence-corrected chi connectivity index (χ1v) is 18.1. The predicted octanol–water partition coefficient (Wildman–Crippen LogP) is 7.28. The van der Waals surface area contributed by atoms with E-state index in [1.807, 2.05) is 48.5 Å². The van der Waals surface area contributed by atoms with Crippen molar-refractivity contribution < 1.29 is 24.1 Å². The van der Waals surface area contributed by atoms with Gasteiger partial charge in [-0.15, -0.1) is 0 Å². The fourth-order valence-electron chi connectivity index (χ4n) is 5.47. The molecule has 0 saturated carbocycles. The molecule has 0 unspecified atom stereocenters. The van der Waals surface area contributed by atoms with Crippen LogP contribution in [0, 0.1) is 0 Å². The molecule has 0 bridgehead atoms. The average Bonchev–Trinajstić information content (AvgIpc) is 2.98. The Kier molecular flexibility index (Phi) is 14.8. The maximum atomic E-state index is 11.9. The molecule has 0 amide bonds. The van der Waals surface area contributed by atoms with Crippen LogP contribution in [0.5, 0.6) is 0 Å². The van der Waals surface area contributed by atoms with Crippen molar-refractivity contribution in [3.63, 3.8) is 0 Å². The fourth-order valence-corrected chi connectivity index (χ4v) is 11.5. The summed E-state index contributed by atoms with van der Waals surface area (Å²) < 4.78 is 25.5. The first-order valence-electron chi connectivity index (χ1n) is 15.0. The summed E-state index contributed by atoms with van der Waals surface area (Å²) in [7, 11) is 1.68. The van der Waals surface area contributed by atoms with Crippen molar-refractivity contribution >= 4 is 21.1 Å². The Bertz CT molecular complexity index is 874. The van der Waals surface area contributed by atoms with Crippen molar-refractivity contribution in [2.75, 3.05) is 7.11 Å². The van der Waals surface area contributed by atoms with Crippen LogP contribution >= 0.6 is 0 Å². The monoisotopic (exact) mass is 646 g/mol. The van der Waals surface area contributed by atoms with Crippen LogP contribution in [-0.2, 0) is 32.2 Å². The van der Waals surface area contributed by atoms with Gasteiger partial charge in [-0.05, 0) is 0 Å². The number of aliphatic hydroxyl groups excluding tert-OH is 1. The standard InChI is InChI=1S/C20H23O5.C13H27.Sn/c1-22-20-19(24-13-16-10-6-3-7-11-16)18(17(21)14-25-20)23-12-15-8-4-2-5-9-15;1-4-7-10-13(11-8-5-2)12-9-6-3;/h2-11,14,17-21H,12-13H2,1H3;4-12H2,1-3H3;/t17-,18+,19-,20-;;/m1../s1. The van der Waals surface area contributed by atoms with Crippen LogP contribution in [0.25, 0.3) is 0 Å². The summed E-state index contributed by atoms with van der Waals surface area (Å²) in [6, 6.07) is 20.2. The maximum absolute atomic E-state index is 11.9. The Hall–Kier alpha value is -0.961. The molecule has 39 heavy (non-hydrogen) atoms. The zero-order chi connectivity index (χ0) is 27.9. The molecule has 216 valence electrons. The van der Waals surface area contributed by atoms with Crippen LogP contribution in [0.4, 0.5) is 0 Å². The van der Waals surface area contributed by atoms with E-state index in [0.717, 1.165) is 11.1 Å². The Balaban J connectivity index is 1.85. The van der Waals surface area contributed by atoms with Gasteiger partial charge in [-0.1, -0.05) is 0 Å². The summed E-state index contributed by atoms with van der Waals surface area (Å²) in [5.74, 6) is 0. The van der Waals surface area contributed by atoms with E-state index in [2.05, 4.69) is 32.9 Å². The Morgan fingerprint density at radius 3 is 1.64 bits per heavy atom. The summed E-state index contributed by atoms with van der Waals surface area (Å²) >= 11 is -1.24. The summed E-state index contributed by atoms with van der Waals surface area (Å²) in [6.45, 7) is 7.67. The summed E-state index contributed by atoms with van der Waals surface area (Å²) in [4.78, 5) is 0. The van der Waals surface area contributed by atoms with Crippen LogP contribution in [0.15, 0.2) is 60.7 Å². The number of methoxy groups -OCH3 is 1. The molecule has 5 nitrogen and oxygen atoms in total. The first-order chi connectivity index (χ1) is 19.1. The molecule has 1 aliphatic heterocycles. The van der Waals surface area contributed by atoms with Crippen LogP contribution in [0.3, 0.4) is 0 Å². The van der Waals surface area contributed by atoms with Gasteiger partial charge in [0, 0.05) is 0 Å². The molecule has 1 fully saturated rings. The van der Waals surface area contributed by atoms with Crippen molar-refractivity contribution in [1.82, 2.24) is 0 Å². The zero-order valence-corrected chi connectivity index (χ0v) is 27.4. The molecule has 2 aromatic rings. The van der Waals surface area contributed by atoms with Gasteiger partial charge in [0.25, 0.3) is 0 Å². The van der Waals surface area contributed by atoms with Crippen molar-refractivity contribution in [2.45, 2.75) is 124 Å². The van der Waals surface area contributed by atoms with Crippen molar-refractivity contribution in [2.24, 2.45) is 0 Å². The van der Waals surface area contributed by atoms with Crippen LogP contribution in [0.2, 0.25) is 3.43 Å². The minimum atomic E-state index is -1.24. The van der Waals surface area contributed by atoms with Gasteiger partial charge in [0.15, 0.2) is 0 Å². The van der Waals surface area contributed by atoms with Gasteiger partial charge in [0.1, 0.15) is 0 Å². The molecular formula is C33H50O5Sn. The van der Waals surface area contributed by atoms with Gasteiger partial charge in [0.05, 0.1) is 0 Å². The number of hydrogen-bond donors (Lipinski definition) is 1. The van der Waals surface area contributed by atoms with Crippen LogP contribution in [0.1, 0.15) is 89.7 Å². The van der Waals surface area contributed by atoms with Crippen molar-refractivity contribution in [3.8, 4) is 0 Å². The van der Waals surface area contributed by atoms with Gasteiger partial charge >= 0.3 is 248 Å². The molecule has 3 rings (SSSR count). The molecular weight excluding hydrogens is 595 g/mol. The molecule has 5 atom stereocenters. The quantitative estimate of drug-likeness (QED) is 0.173. The molecule has 1 N–H and O–H groups in total. The van der Waals surface area contributed by atoms with Crippen molar-refractivity contribution in [3.05, 3.63) is 71.8 Å². The molecule has 2 radical (unpaired) electrons. The summed E-state index contributed by atoms with van der Waals surface area (Å²) in [5.41, 5.74) is 2.15. The van der Waals surface area contributed by atoms with Gasteiger partial charge in [-0.2, -0.15) is 0 Å². The average molecular weight is 645 g/mol. The van der Waals surface area contributed by atoms with E-state index in [9.17, 15) is 5.11 Å². The minimum absolute atomic E-state index is 0.207. The first kappa shape index (κ1) is 32.6. The second-order valence-corrected chi connectivity index (χ2v) is 16.4. The topological polar surface area (TPSA) is 57.2 Å². The van der Waals surface area contributed by atoms with E-state index in [1.165, 1.54) is 57.8 Å².